The zero-order valence-electron chi connectivity index (χ0n) is 78.8. The van der Waals surface area contributed by atoms with Gasteiger partial charge in [-0.15, -0.1) is 0 Å². The van der Waals surface area contributed by atoms with E-state index in [2.05, 4.69) is 100 Å². The van der Waals surface area contributed by atoms with Gasteiger partial charge in [0, 0.05) is 80.8 Å². The summed E-state index contributed by atoms with van der Waals surface area (Å²) in [6.07, 6.45) is 8.24. The fourth-order valence-electron chi connectivity index (χ4n) is 18.1. The molecular formula is C94H137BrN24O18. The van der Waals surface area contributed by atoms with Gasteiger partial charge >= 0.3 is 5.97 Å². The average molecular weight is 1970 g/mol. The number of nitrogens with one attached hydrogen (secondary N) is 17. The summed E-state index contributed by atoms with van der Waals surface area (Å²) in [5, 5.41) is 74.9. The van der Waals surface area contributed by atoms with Crippen LogP contribution in [0.1, 0.15) is 187 Å². The first-order valence-corrected chi connectivity index (χ1v) is 48.1. The second kappa shape index (κ2) is 52.0. The van der Waals surface area contributed by atoms with E-state index in [0.717, 1.165) is 34.1 Å². The number of rotatable bonds is 50. The lowest BCUT2D eigenvalue weighted by Crippen LogP contribution is -2.63. The van der Waals surface area contributed by atoms with E-state index in [-0.39, 0.29) is 140 Å². The number of unbranched alkanes of at least 4 members (excludes halogenated alkanes) is 1. The van der Waals surface area contributed by atoms with Gasteiger partial charge in [0.2, 0.25) is 88.6 Å². The molecule has 0 radical (unpaired) electrons. The van der Waals surface area contributed by atoms with Gasteiger partial charge in [-0.2, -0.15) is 0 Å². The number of H-pyrrole nitrogens is 1. The quantitative estimate of drug-likeness (QED) is 0.0117. The minimum atomic E-state index is -1.91. The minimum absolute atomic E-state index is 0.0133. The van der Waals surface area contributed by atoms with Crippen molar-refractivity contribution in [3.63, 3.8) is 0 Å². The lowest BCUT2D eigenvalue weighted by atomic mass is 9.84. The van der Waals surface area contributed by atoms with Crippen LogP contribution in [-0.2, 0) is 96.0 Å². The van der Waals surface area contributed by atoms with Gasteiger partial charge in [-0.05, 0) is 202 Å². The highest BCUT2D eigenvalue weighted by Gasteiger charge is 2.50. The van der Waals surface area contributed by atoms with Crippen molar-refractivity contribution in [2.45, 2.75) is 267 Å². The summed E-state index contributed by atoms with van der Waals surface area (Å²) >= 11 is 3.47. The Morgan fingerprint density at radius 3 is 1.67 bits per heavy atom. The van der Waals surface area contributed by atoms with Crippen LogP contribution in [-0.4, -0.2) is 278 Å². The summed E-state index contributed by atoms with van der Waals surface area (Å²) in [6, 6.07) is 8.69. The average Bonchev–Trinajstić information content (AvgIpc) is 1.63. The van der Waals surface area contributed by atoms with E-state index in [9.17, 15) is 72.5 Å². The molecule has 4 aliphatic heterocycles. The first-order valence-electron chi connectivity index (χ1n) is 47.3. The van der Waals surface area contributed by atoms with Gasteiger partial charge in [-0.1, -0.05) is 109 Å². The monoisotopic (exact) mass is 1970 g/mol. The zero-order chi connectivity index (χ0) is 99.8. The molecule has 0 bridgehead atoms. The summed E-state index contributed by atoms with van der Waals surface area (Å²) in [6.45, 7) is 8.82. The number of amides is 15. The molecule has 25 N–H and O–H groups in total. The molecule has 137 heavy (non-hydrogen) atoms. The van der Waals surface area contributed by atoms with Crippen molar-refractivity contribution in [2.24, 2.45) is 40.4 Å². The molecule has 5 aliphatic rings. The molecule has 4 saturated heterocycles. The highest BCUT2D eigenvalue weighted by atomic mass is 79.9. The number of hydrogen-bond acceptors (Lipinski definition) is 21. The molecule has 0 unspecified atom stereocenters. The number of benzene rings is 3. The molecule has 748 valence electrons. The third kappa shape index (κ3) is 32.2. The smallest absolute Gasteiger partial charge is 0.326 e. The van der Waals surface area contributed by atoms with Gasteiger partial charge in [-0.25, -0.2) is 9.78 Å². The SMILES string of the molecule is CC(C)C[C@H](NC(=O)[C@@H](CCCNC(=N)N)NC(=O)[C@@H]1CCCN1C(=O)[C@H](CCCCNC(=N)N)NC(=O)[C@H](CCC(N)=O)NC(=O)C(C)(C)C(=O)NCCc1cnc[nH]1)C(=O)N[C@@H](CO)C(=O)NC(C)(C)C(=O)N[C@@H](CC1CCNCC1)C(=O)NCC(=O)N1[C@H](C(=O)N[C@@H](Cc2ccc(Br)cc2)C(=O)N2CCC[C@H]2C(=O)N[C@H](Cc2ccc(-c3ccccc3)cc2)C(=O)O)C[C@@H]2CCCC[C@@H]21. The van der Waals surface area contributed by atoms with Crippen LogP contribution >= 0.6 is 15.9 Å². The highest BCUT2D eigenvalue weighted by Crippen LogP contribution is 2.40. The van der Waals surface area contributed by atoms with Crippen molar-refractivity contribution in [1.82, 2.24) is 99.1 Å². The number of imidazole rings is 1. The van der Waals surface area contributed by atoms with Gasteiger partial charge < -0.3 is 122 Å². The molecule has 1 aromatic heterocycles. The van der Waals surface area contributed by atoms with Crippen LogP contribution in [0, 0.1) is 34.0 Å². The third-order valence-electron chi connectivity index (χ3n) is 25.8. The number of guanidine groups is 2. The molecule has 1 saturated carbocycles. The Morgan fingerprint density at radius 2 is 1.07 bits per heavy atom. The van der Waals surface area contributed by atoms with Crippen LogP contribution in [0.2, 0.25) is 0 Å². The molecule has 13 atom stereocenters. The van der Waals surface area contributed by atoms with E-state index < -0.39 is 204 Å². The lowest BCUT2D eigenvalue weighted by molar-refractivity contribution is -0.145. The topological polar surface area (TPSA) is 646 Å². The maximum Gasteiger partial charge on any atom is 0.326 e. The third-order valence-corrected chi connectivity index (χ3v) is 26.3. The molecule has 5 heterocycles. The molecule has 4 aromatic rings. The number of primary amides is 1. The number of aliphatic hydroxyl groups is 1. The van der Waals surface area contributed by atoms with Crippen LogP contribution in [0.5, 0.6) is 0 Å². The number of aromatic amines is 1. The number of carboxylic acid groups (broad SMARTS) is 1. The molecule has 15 amide bonds. The van der Waals surface area contributed by atoms with Gasteiger partial charge in [0.05, 0.1) is 19.5 Å². The maximum atomic E-state index is 15.2. The number of aliphatic hydroxyl groups excluding tert-OH is 1. The maximum absolute atomic E-state index is 15.2. The van der Waals surface area contributed by atoms with Gasteiger partial charge in [0.1, 0.15) is 77.4 Å². The number of halogens is 1. The Bertz CT molecular complexity index is 4870. The van der Waals surface area contributed by atoms with Crippen molar-refractivity contribution in [2.75, 3.05) is 59.0 Å². The number of aliphatic carboxylic acids is 1. The van der Waals surface area contributed by atoms with Crippen molar-refractivity contribution in [3.05, 3.63) is 113 Å². The van der Waals surface area contributed by atoms with E-state index in [0.29, 0.717) is 69.2 Å². The molecular weight excluding hydrogens is 1830 g/mol. The van der Waals surface area contributed by atoms with E-state index in [1.165, 1.54) is 48.7 Å². The van der Waals surface area contributed by atoms with Gasteiger partial charge in [0.15, 0.2) is 11.9 Å². The Balaban J connectivity index is 0.845. The van der Waals surface area contributed by atoms with Crippen LogP contribution in [0.4, 0.5) is 0 Å². The Morgan fingerprint density at radius 1 is 0.533 bits per heavy atom. The number of nitrogens with two attached hydrogens (primary N) is 3. The summed E-state index contributed by atoms with van der Waals surface area (Å²) in [4.78, 5) is 241. The lowest BCUT2D eigenvalue weighted by Gasteiger charge is -2.35. The largest absolute Gasteiger partial charge is 0.480 e. The molecule has 0 spiro atoms. The van der Waals surface area contributed by atoms with Crippen molar-refractivity contribution < 1.29 is 86.9 Å². The zero-order valence-corrected chi connectivity index (χ0v) is 80.4. The summed E-state index contributed by atoms with van der Waals surface area (Å²) in [5.74, 6) is -14.6. The summed E-state index contributed by atoms with van der Waals surface area (Å²) < 4.78 is 0.754. The van der Waals surface area contributed by atoms with Crippen molar-refractivity contribution >= 4 is 122 Å². The van der Waals surface area contributed by atoms with E-state index in [1.807, 2.05) is 42.5 Å². The van der Waals surface area contributed by atoms with E-state index in [1.54, 1.807) is 56.4 Å². The first-order chi connectivity index (χ1) is 65.2. The fraction of sp³-hybridized carbons (Fsp3) is 0.585. The first kappa shape index (κ1) is 108. The van der Waals surface area contributed by atoms with Gasteiger partial charge in [-0.3, -0.25) is 82.7 Å². The highest BCUT2D eigenvalue weighted by molar-refractivity contribution is 9.10. The van der Waals surface area contributed by atoms with Crippen LogP contribution in [0.3, 0.4) is 0 Å². The Kier molecular flexibility index (Phi) is 41.0. The van der Waals surface area contributed by atoms with Crippen LogP contribution in [0.15, 0.2) is 95.9 Å². The predicted molar refractivity (Wildman–Crippen MR) is 509 cm³/mol. The molecule has 3 aromatic carbocycles. The second-order valence-corrected chi connectivity index (χ2v) is 38.4. The summed E-state index contributed by atoms with van der Waals surface area (Å²) in [5.41, 5.74) is 16.9. The van der Waals surface area contributed by atoms with Crippen molar-refractivity contribution in [3.8, 4) is 11.1 Å². The van der Waals surface area contributed by atoms with E-state index in [4.69, 9.17) is 28.0 Å². The Hall–Kier alpha value is -12.7. The number of aromatic nitrogens is 2. The van der Waals surface area contributed by atoms with Crippen LogP contribution < -0.4 is 91.6 Å². The van der Waals surface area contributed by atoms with Crippen molar-refractivity contribution in [1.29, 1.82) is 10.8 Å². The van der Waals surface area contributed by atoms with E-state index >= 15 is 14.4 Å². The number of carboxylic acids is 1. The number of likely N-dealkylation sites (tertiary alicyclic amines) is 3. The normalized spacial score (nSPS) is 18.9. The fourth-order valence-corrected chi connectivity index (χ4v) is 18.3. The number of hydrogen-bond donors (Lipinski definition) is 22. The minimum Gasteiger partial charge on any atom is -0.480 e. The molecule has 5 fully saturated rings. The van der Waals surface area contributed by atoms with Crippen LogP contribution in [0.25, 0.3) is 11.1 Å². The Labute approximate surface area is 805 Å². The number of piperidine rings is 1. The number of fused-ring (bicyclic) bond motifs is 1. The summed E-state index contributed by atoms with van der Waals surface area (Å²) in [7, 11) is 0. The second-order valence-electron chi connectivity index (χ2n) is 37.5. The number of nitrogens with zero attached hydrogens (tertiary/aromatic N) is 4. The number of carbonyl (C=O) groups excluding carboxylic acids is 15. The standard InChI is InChI=1S/C94H137BrN24O18/c1-54(2)45-66(110-78(124)63(21-14-39-105-92(99)100)108-82(128)72-23-15-43-117(72)85(131)65(20-12-13-38-104-91(97)98)109-79(125)64(33-34-75(96)121)114-89(136)93(3,4)88(135)103-42-37-62-50-102-53-107-62)80(126)113-70(52-120)81(127)116-94(5,6)90(137)115-67(46-57-35-40-101-41-36-57)77(123)106-51-76(122)119-71-22-11-10-19-60(71)49-74(119)84(130)111-68(47-56-27-31-61(95)32-28-56)86(132)118-44-16-24-73(118)83(129)112-69(87(133)134)48-55-25-29-59(30-26-55)58-17-8-7-9-18-58/h7-9,17-18,25-32,50,53-54,57,60,63-74,101,120H,10-16,19-24,33-49,51-52H2,1-6H3,(H2,96,121)(H,102,107)(H,103,135)(H,106,123)(H,108,128)(H,109,125)(H,110,124)(H,111,130)(H,112,129)(H,113,126)(H,114,136)(H,115,137)(H,116,127)(H,133,134)(H4,97,98,104)(H4,99,100,105)/t60-,63+,64-,65-,66-,67-,68-,69+,70-,71-,72-,73-,74-/m0/s1. The molecule has 42 nitrogen and oxygen atoms in total. The predicted octanol–water partition coefficient (Wildman–Crippen LogP) is -0.265. The molecule has 1 aliphatic carbocycles. The molecule has 9 rings (SSSR count). The molecule has 43 heteroatoms. The van der Waals surface area contributed by atoms with Gasteiger partial charge in [0.25, 0.3) is 0 Å². The number of carbonyl (C=O) groups is 16.